The van der Waals surface area contributed by atoms with Gasteiger partial charge in [-0.05, 0) is 60.2 Å². The Kier molecular flexibility index (Phi) is 6.24. The molecule has 0 radical (unpaired) electrons. The van der Waals surface area contributed by atoms with E-state index in [-0.39, 0.29) is 5.56 Å². The van der Waals surface area contributed by atoms with Gasteiger partial charge in [-0.1, -0.05) is 11.6 Å². The van der Waals surface area contributed by atoms with Crippen LogP contribution in [-0.2, 0) is 11.4 Å². The Morgan fingerprint density at radius 2 is 1.58 bits per heavy atom. The number of rotatable bonds is 8. The topological polar surface area (TPSA) is 87.0 Å². The van der Waals surface area contributed by atoms with Gasteiger partial charge >= 0.3 is 5.97 Å². The van der Waals surface area contributed by atoms with E-state index in [1.54, 1.807) is 55.2 Å². The summed E-state index contributed by atoms with van der Waals surface area (Å²) >= 11 is 6.07. The quantitative estimate of drug-likeness (QED) is 0.286. The molecule has 1 heterocycles. The maximum absolute atomic E-state index is 12.2. The number of benzene rings is 3. The van der Waals surface area contributed by atoms with E-state index in [0.717, 1.165) is 11.3 Å². The first-order valence-corrected chi connectivity index (χ1v) is 10.3. The molecular weight excluding hydrogens is 446 g/mol. The van der Waals surface area contributed by atoms with Crippen molar-refractivity contribution in [2.45, 2.75) is 6.61 Å². The standard InChI is InChI=1S/C25H20ClNO6/c1-31-19-9-15(10-20(12-19)32-2)14-33-18-6-4-17(5-7-18)27-13-22(24(28)25(29)30)21-11-16(26)3-8-23(21)27/h3-13H,14H2,1-2H3,(H,29,30). The minimum Gasteiger partial charge on any atom is -0.497 e. The van der Waals surface area contributed by atoms with Gasteiger partial charge in [0.25, 0.3) is 5.78 Å². The molecule has 33 heavy (non-hydrogen) atoms. The van der Waals surface area contributed by atoms with Gasteiger partial charge in [-0.15, -0.1) is 0 Å². The van der Waals surface area contributed by atoms with Crippen LogP contribution in [0.3, 0.4) is 0 Å². The molecule has 1 N–H and O–H groups in total. The maximum atomic E-state index is 12.2. The average Bonchev–Trinajstić information content (AvgIpc) is 3.20. The monoisotopic (exact) mass is 465 g/mol. The molecule has 0 aliphatic rings. The number of fused-ring (bicyclic) bond motifs is 1. The van der Waals surface area contributed by atoms with Crippen LogP contribution in [0.2, 0.25) is 5.02 Å². The number of carboxylic acid groups (broad SMARTS) is 1. The Morgan fingerprint density at radius 1 is 0.909 bits per heavy atom. The van der Waals surface area contributed by atoms with E-state index in [1.807, 2.05) is 24.3 Å². The molecule has 7 nitrogen and oxygen atoms in total. The summed E-state index contributed by atoms with van der Waals surface area (Å²) in [5.74, 6) is -0.521. The first kappa shape index (κ1) is 22.2. The van der Waals surface area contributed by atoms with Crippen LogP contribution in [0.5, 0.6) is 17.2 Å². The van der Waals surface area contributed by atoms with Crippen molar-refractivity contribution in [3.63, 3.8) is 0 Å². The summed E-state index contributed by atoms with van der Waals surface area (Å²) < 4.78 is 18.2. The second-order valence-corrected chi connectivity index (χ2v) is 7.65. The number of hydrogen-bond donors (Lipinski definition) is 1. The highest BCUT2D eigenvalue weighted by Crippen LogP contribution is 2.29. The van der Waals surface area contributed by atoms with Gasteiger partial charge in [0, 0.05) is 28.4 Å². The number of aliphatic carboxylic acids is 1. The van der Waals surface area contributed by atoms with Crippen molar-refractivity contribution in [1.82, 2.24) is 4.57 Å². The lowest BCUT2D eigenvalue weighted by Gasteiger charge is -2.11. The molecule has 0 unspecified atom stereocenters. The molecule has 4 rings (SSSR count). The highest BCUT2D eigenvalue weighted by Gasteiger charge is 2.21. The van der Waals surface area contributed by atoms with Crippen LogP contribution in [-0.4, -0.2) is 35.6 Å². The van der Waals surface area contributed by atoms with E-state index in [1.165, 1.54) is 6.20 Å². The molecule has 1 aromatic heterocycles. The highest BCUT2D eigenvalue weighted by atomic mass is 35.5. The van der Waals surface area contributed by atoms with Crippen molar-refractivity contribution >= 4 is 34.3 Å². The number of halogens is 1. The highest BCUT2D eigenvalue weighted by molar-refractivity contribution is 6.42. The van der Waals surface area contributed by atoms with Crippen LogP contribution in [0, 0.1) is 0 Å². The van der Waals surface area contributed by atoms with Gasteiger partial charge in [-0.25, -0.2) is 4.79 Å². The zero-order chi connectivity index (χ0) is 23.5. The molecule has 0 spiro atoms. The molecule has 4 aromatic rings. The molecule has 3 aromatic carbocycles. The number of ether oxygens (including phenoxy) is 3. The maximum Gasteiger partial charge on any atom is 0.377 e. The normalized spacial score (nSPS) is 10.8. The second kappa shape index (κ2) is 9.26. The fourth-order valence-corrected chi connectivity index (χ4v) is 3.70. The van der Waals surface area contributed by atoms with Gasteiger partial charge in [-0.2, -0.15) is 0 Å². The van der Waals surface area contributed by atoms with Crippen LogP contribution in [0.25, 0.3) is 16.6 Å². The Labute approximate surface area is 194 Å². The molecule has 0 fully saturated rings. The van der Waals surface area contributed by atoms with Crippen LogP contribution < -0.4 is 14.2 Å². The lowest BCUT2D eigenvalue weighted by atomic mass is 10.1. The number of carbonyl (C=O) groups excluding carboxylic acids is 1. The van der Waals surface area contributed by atoms with Gasteiger partial charge in [0.15, 0.2) is 0 Å². The van der Waals surface area contributed by atoms with Crippen molar-refractivity contribution in [3.05, 3.63) is 83.0 Å². The fourth-order valence-electron chi connectivity index (χ4n) is 3.53. The molecule has 0 aliphatic carbocycles. The van der Waals surface area contributed by atoms with Gasteiger partial charge < -0.3 is 23.9 Å². The summed E-state index contributed by atoms with van der Waals surface area (Å²) in [6.45, 7) is 0.315. The molecule has 168 valence electrons. The van der Waals surface area contributed by atoms with Gasteiger partial charge in [-0.3, -0.25) is 4.79 Å². The lowest BCUT2D eigenvalue weighted by Crippen LogP contribution is -2.12. The zero-order valence-corrected chi connectivity index (χ0v) is 18.6. The average molecular weight is 466 g/mol. The molecule has 0 amide bonds. The summed E-state index contributed by atoms with van der Waals surface area (Å²) in [6.07, 6.45) is 1.51. The summed E-state index contributed by atoms with van der Waals surface area (Å²) in [6, 6.07) is 17.8. The Morgan fingerprint density at radius 3 is 2.18 bits per heavy atom. The van der Waals surface area contributed by atoms with Crippen LogP contribution in [0.15, 0.2) is 66.9 Å². The Balaban J connectivity index is 1.60. The number of ketones is 1. The molecule has 0 saturated carbocycles. The van der Waals surface area contributed by atoms with Gasteiger partial charge in [0.05, 0.1) is 25.3 Å². The molecule has 0 atom stereocenters. The van der Waals surface area contributed by atoms with Crippen LogP contribution in [0.4, 0.5) is 0 Å². The molecule has 0 bridgehead atoms. The number of nitrogens with zero attached hydrogens (tertiary/aromatic N) is 1. The first-order valence-electron chi connectivity index (χ1n) is 9.93. The van der Waals surface area contributed by atoms with E-state index < -0.39 is 11.8 Å². The zero-order valence-electron chi connectivity index (χ0n) is 17.9. The van der Waals surface area contributed by atoms with E-state index >= 15 is 0 Å². The van der Waals surface area contributed by atoms with Crippen molar-refractivity contribution < 1.29 is 28.9 Å². The number of carbonyl (C=O) groups is 2. The Hall–Kier alpha value is -3.97. The van der Waals surface area contributed by atoms with Crippen LogP contribution >= 0.6 is 11.6 Å². The summed E-state index contributed by atoms with van der Waals surface area (Å²) in [5.41, 5.74) is 2.37. The predicted octanol–water partition coefficient (Wildman–Crippen LogP) is 5.15. The van der Waals surface area contributed by atoms with E-state index in [4.69, 9.17) is 25.8 Å². The lowest BCUT2D eigenvalue weighted by molar-refractivity contribution is -0.131. The van der Waals surface area contributed by atoms with E-state index in [0.29, 0.717) is 39.8 Å². The van der Waals surface area contributed by atoms with Crippen molar-refractivity contribution in [1.29, 1.82) is 0 Å². The first-order chi connectivity index (χ1) is 15.9. The molecule has 8 heteroatoms. The largest absolute Gasteiger partial charge is 0.497 e. The summed E-state index contributed by atoms with van der Waals surface area (Å²) in [7, 11) is 3.18. The molecule has 0 saturated heterocycles. The smallest absolute Gasteiger partial charge is 0.377 e. The third-order valence-corrected chi connectivity index (χ3v) is 5.37. The fraction of sp³-hybridized carbons (Fsp3) is 0.120. The van der Waals surface area contributed by atoms with Crippen molar-refractivity contribution in [2.75, 3.05) is 14.2 Å². The van der Waals surface area contributed by atoms with E-state index in [9.17, 15) is 14.7 Å². The number of methoxy groups -OCH3 is 2. The third kappa shape index (κ3) is 4.63. The number of aromatic nitrogens is 1. The van der Waals surface area contributed by atoms with Gasteiger partial charge in [0.1, 0.15) is 23.9 Å². The predicted molar refractivity (Wildman–Crippen MR) is 124 cm³/mol. The van der Waals surface area contributed by atoms with E-state index in [2.05, 4.69) is 0 Å². The minimum atomic E-state index is -1.52. The second-order valence-electron chi connectivity index (χ2n) is 7.21. The van der Waals surface area contributed by atoms with Crippen molar-refractivity contribution in [3.8, 4) is 22.9 Å². The van der Waals surface area contributed by atoms with Crippen LogP contribution in [0.1, 0.15) is 15.9 Å². The third-order valence-electron chi connectivity index (χ3n) is 5.14. The minimum absolute atomic E-state index is 0.0762. The Bertz CT molecular complexity index is 1320. The number of Topliss-reactive ketones (excluding diaryl/α,β-unsaturated/α-hetero) is 1. The summed E-state index contributed by atoms with van der Waals surface area (Å²) in [5, 5.41) is 10.1. The molecular formula is C25H20ClNO6. The number of carboxylic acids is 1. The summed E-state index contributed by atoms with van der Waals surface area (Å²) in [4.78, 5) is 23.5. The van der Waals surface area contributed by atoms with Gasteiger partial charge in [0.2, 0.25) is 0 Å². The number of hydrogen-bond acceptors (Lipinski definition) is 5. The van der Waals surface area contributed by atoms with Crippen molar-refractivity contribution in [2.24, 2.45) is 0 Å². The molecule has 0 aliphatic heterocycles. The SMILES string of the molecule is COc1cc(COc2ccc(-n3cc(C(=O)C(=O)O)c4cc(Cl)ccc43)cc2)cc(OC)c1.